The van der Waals surface area contributed by atoms with Gasteiger partial charge in [-0.15, -0.1) is 0 Å². The van der Waals surface area contributed by atoms with Crippen molar-refractivity contribution in [2.24, 2.45) is 0 Å². The number of ether oxygens (including phenoxy) is 1. The van der Waals surface area contributed by atoms with Crippen molar-refractivity contribution in [1.29, 1.82) is 0 Å². The summed E-state index contributed by atoms with van der Waals surface area (Å²) in [5, 5.41) is 4.17. The third kappa shape index (κ3) is 4.36. The summed E-state index contributed by atoms with van der Waals surface area (Å²) in [7, 11) is 1.68. The number of hydrogen-bond donors (Lipinski definition) is 1. The average Bonchev–Trinajstić information content (AvgIpc) is 2.63. The Morgan fingerprint density at radius 3 is 2.30 bits per heavy atom. The largest absolute Gasteiger partial charge is 0.497 e. The van der Waals surface area contributed by atoms with E-state index in [0.717, 1.165) is 48.8 Å². The second-order valence-electron chi connectivity index (χ2n) is 6.47. The van der Waals surface area contributed by atoms with Crippen molar-refractivity contribution in [2.45, 2.75) is 38.1 Å². The summed E-state index contributed by atoms with van der Waals surface area (Å²) in [5.41, 5.74) is 1.02. The third-order valence-electron chi connectivity index (χ3n) is 5.03. The van der Waals surface area contributed by atoms with Crippen molar-refractivity contribution in [3.63, 3.8) is 0 Å². The minimum absolute atomic E-state index is 0.814. The molecule has 1 aliphatic heterocycles. The first-order valence-electron chi connectivity index (χ1n) is 8.70. The number of nitrogens with one attached hydrogen (secondary N) is 1. The molecule has 5 heteroatoms. The maximum Gasteiger partial charge on any atom is 0.173 e. The summed E-state index contributed by atoms with van der Waals surface area (Å²) in [6.07, 6.45) is 7.00. The first-order valence-corrected chi connectivity index (χ1v) is 9.11. The molecular formula is C18H27N3OS. The minimum Gasteiger partial charge on any atom is -0.497 e. The molecule has 1 aromatic rings. The number of methoxy groups -OCH3 is 1. The Bertz CT molecular complexity index is 506. The van der Waals surface area contributed by atoms with E-state index < -0.39 is 0 Å². The van der Waals surface area contributed by atoms with E-state index in [1.807, 2.05) is 24.3 Å². The fourth-order valence-electron chi connectivity index (χ4n) is 3.61. The van der Waals surface area contributed by atoms with Crippen LogP contribution in [0.2, 0.25) is 0 Å². The van der Waals surface area contributed by atoms with E-state index >= 15 is 0 Å². The van der Waals surface area contributed by atoms with Crippen LogP contribution >= 0.6 is 12.2 Å². The van der Waals surface area contributed by atoms with Crippen molar-refractivity contribution in [2.75, 3.05) is 38.6 Å². The minimum atomic E-state index is 0.814. The van der Waals surface area contributed by atoms with Crippen molar-refractivity contribution in [3.8, 4) is 5.75 Å². The zero-order valence-electron chi connectivity index (χ0n) is 14.0. The number of hydrogen-bond acceptors (Lipinski definition) is 3. The van der Waals surface area contributed by atoms with Gasteiger partial charge in [0, 0.05) is 37.9 Å². The van der Waals surface area contributed by atoms with Gasteiger partial charge in [-0.05, 0) is 49.3 Å². The molecular weight excluding hydrogens is 306 g/mol. The van der Waals surface area contributed by atoms with E-state index in [2.05, 4.69) is 15.1 Å². The molecule has 1 heterocycles. The Morgan fingerprint density at radius 2 is 1.70 bits per heavy atom. The molecule has 0 atom stereocenters. The van der Waals surface area contributed by atoms with Crippen molar-refractivity contribution in [1.82, 2.24) is 9.80 Å². The number of anilines is 1. The van der Waals surface area contributed by atoms with Crippen LogP contribution in [0.25, 0.3) is 0 Å². The molecule has 1 saturated carbocycles. The second kappa shape index (κ2) is 7.97. The molecule has 1 saturated heterocycles. The highest BCUT2D eigenvalue weighted by molar-refractivity contribution is 7.80. The molecule has 0 unspecified atom stereocenters. The molecule has 1 aromatic carbocycles. The number of benzene rings is 1. The molecule has 0 bridgehead atoms. The maximum atomic E-state index is 5.58. The lowest BCUT2D eigenvalue weighted by atomic mass is 9.94. The van der Waals surface area contributed by atoms with Crippen LogP contribution in [0.1, 0.15) is 32.1 Å². The highest BCUT2D eigenvalue weighted by atomic mass is 32.1. The van der Waals surface area contributed by atoms with Crippen LogP contribution in [0.4, 0.5) is 5.69 Å². The predicted molar refractivity (Wildman–Crippen MR) is 99.2 cm³/mol. The van der Waals surface area contributed by atoms with Gasteiger partial charge in [0.2, 0.25) is 0 Å². The van der Waals surface area contributed by atoms with Gasteiger partial charge in [0.1, 0.15) is 5.75 Å². The van der Waals surface area contributed by atoms with E-state index in [-0.39, 0.29) is 0 Å². The monoisotopic (exact) mass is 333 g/mol. The smallest absolute Gasteiger partial charge is 0.173 e. The molecule has 0 spiro atoms. The zero-order valence-corrected chi connectivity index (χ0v) is 14.8. The molecule has 23 heavy (non-hydrogen) atoms. The topological polar surface area (TPSA) is 27.7 Å². The first-order chi connectivity index (χ1) is 11.3. The van der Waals surface area contributed by atoms with Gasteiger partial charge >= 0.3 is 0 Å². The van der Waals surface area contributed by atoms with Gasteiger partial charge in [0.25, 0.3) is 0 Å². The Hall–Kier alpha value is -1.33. The molecule has 1 aliphatic carbocycles. The highest BCUT2D eigenvalue weighted by Crippen LogP contribution is 2.23. The number of piperazine rings is 1. The van der Waals surface area contributed by atoms with Crippen LogP contribution in [0.5, 0.6) is 5.75 Å². The molecule has 3 rings (SSSR count). The zero-order chi connectivity index (χ0) is 16.1. The average molecular weight is 334 g/mol. The quantitative estimate of drug-likeness (QED) is 0.857. The van der Waals surface area contributed by atoms with Gasteiger partial charge < -0.3 is 15.0 Å². The van der Waals surface area contributed by atoms with Crippen LogP contribution in [-0.4, -0.2) is 54.2 Å². The van der Waals surface area contributed by atoms with Gasteiger partial charge in [0.15, 0.2) is 5.11 Å². The van der Waals surface area contributed by atoms with E-state index in [9.17, 15) is 0 Å². The Labute approximate surface area is 144 Å². The normalized spacial score (nSPS) is 20.3. The number of thiocarbonyl (C=S) groups is 1. The lowest BCUT2D eigenvalue weighted by Crippen LogP contribution is -2.53. The van der Waals surface area contributed by atoms with Gasteiger partial charge in [-0.1, -0.05) is 19.3 Å². The third-order valence-corrected chi connectivity index (χ3v) is 5.39. The molecule has 2 aliphatic rings. The summed E-state index contributed by atoms with van der Waals surface area (Å²) in [6, 6.07) is 8.72. The second-order valence-corrected chi connectivity index (χ2v) is 6.86. The van der Waals surface area contributed by atoms with Crippen molar-refractivity contribution in [3.05, 3.63) is 24.3 Å². The summed E-state index contributed by atoms with van der Waals surface area (Å²) in [6.45, 7) is 4.32. The first kappa shape index (κ1) is 16.5. The van der Waals surface area contributed by atoms with E-state index in [1.165, 1.54) is 32.1 Å². The van der Waals surface area contributed by atoms with Crippen LogP contribution < -0.4 is 10.1 Å². The van der Waals surface area contributed by atoms with Crippen LogP contribution in [0.3, 0.4) is 0 Å². The maximum absolute atomic E-state index is 5.58. The SMILES string of the molecule is COc1ccc(NC(=S)N2CCN(C3CCCCC3)CC2)cc1. The molecule has 1 N–H and O–H groups in total. The number of rotatable bonds is 3. The lowest BCUT2D eigenvalue weighted by molar-refractivity contribution is 0.108. The molecule has 2 fully saturated rings. The molecule has 0 aromatic heterocycles. The fourth-order valence-corrected chi connectivity index (χ4v) is 3.91. The van der Waals surface area contributed by atoms with Crippen molar-refractivity contribution < 1.29 is 4.74 Å². The van der Waals surface area contributed by atoms with Crippen LogP contribution in [-0.2, 0) is 0 Å². The number of nitrogens with zero attached hydrogens (tertiary/aromatic N) is 2. The summed E-state index contributed by atoms with van der Waals surface area (Å²) < 4.78 is 5.18. The van der Waals surface area contributed by atoms with Gasteiger partial charge in [-0.25, -0.2) is 0 Å². The Balaban J connectivity index is 1.47. The molecule has 0 amide bonds. The van der Waals surface area contributed by atoms with Crippen LogP contribution in [0.15, 0.2) is 24.3 Å². The van der Waals surface area contributed by atoms with Crippen LogP contribution in [0, 0.1) is 0 Å². The van der Waals surface area contributed by atoms with E-state index in [1.54, 1.807) is 7.11 Å². The van der Waals surface area contributed by atoms with Crippen molar-refractivity contribution >= 4 is 23.0 Å². The van der Waals surface area contributed by atoms with E-state index in [0.29, 0.717) is 0 Å². The fraction of sp³-hybridized carbons (Fsp3) is 0.611. The van der Waals surface area contributed by atoms with Gasteiger partial charge in [-0.3, -0.25) is 4.90 Å². The summed E-state index contributed by atoms with van der Waals surface area (Å²) in [5.74, 6) is 0.863. The summed E-state index contributed by atoms with van der Waals surface area (Å²) in [4.78, 5) is 4.96. The van der Waals surface area contributed by atoms with Gasteiger partial charge in [-0.2, -0.15) is 0 Å². The Kier molecular flexibility index (Phi) is 5.73. The highest BCUT2D eigenvalue weighted by Gasteiger charge is 2.25. The standard InChI is InChI=1S/C18H27N3OS/c1-22-17-9-7-15(8-10-17)19-18(23)21-13-11-20(12-14-21)16-5-3-2-4-6-16/h7-10,16H,2-6,11-14H2,1H3,(H,19,23). The molecule has 4 nitrogen and oxygen atoms in total. The van der Waals surface area contributed by atoms with Gasteiger partial charge in [0.05, 0.1) is 7.11 Å². The molecule has 126 valence electrons. The molecule has 0 radical (unpaired) electrons. The Morgan fingerprint density at radius 1 is 1.04 bits per heavy atom. The predicted octanol–water partition coefficient (Wildman–Crippen LogP) is 3.34. The lowest BCUT2D eigenvalue weighted by Gasteiger charge is -2.41. The van der Waals surface area contributed by atoms with E-state index in [4.69, 9.17) is 17.0 Å². The summed E-state index contributed by atoms with van der Waals surface area (Å²) >= 11 is 5.58.